The normalized spacial score (nSPS) is 6.43. The van der Waals surface area contributed by atoms with Gasteiger partial charge in [-0.1, -0.05) is 6.58 Å². The zero-order chi connectivity index (χ0) is 5.70. The number of rotatable bonds is 2. The van der Waals surface area contributed by atoms with Crippen LogP contribution in [0.4, 0.5) is 0 Å². The summed E-state index contributed by atoms with van der Waals surface area (Å²) in [5.41, 5.74) is 0. The minimum atomic E-state index is 0.204. The molecule has 0 aromatic rings. The fourth-order valence-electron chi connectivity index (χ4n) is 0.149. The molecule has 0 unspecified atom stereocenters. The Balaban J connectivity index is 3.58. The molecule has 0 heterocycles. The summed E-state index contributed by atoms with van der Waals surface area (Å²) in [6, 6.07) is 0. The largest absolute Gasteiger partial charge is 0.459 e. The molecule has 2 heteroatoms. The summed E-state index contributed by atoms with van der Waals surface area (Å²) >= 11 is 0. The lowest BCUT2D eigenvalue weighted by molar-refractivity contribution is 0.357. The van der Waals surface area contributed by atoms with Gasteiger partial charge in [0.15, 0.2) is 11.7 Å². The van der Waals surface area contributed by atoms with Crippen molar-refractivity contribution in [3.05, 3.63) is 18.6 Å². The van der Waals surface area contributed by atoms with Crippen LogP contribution >= 0.6 is 0 Å². The minimum Gasteiger partial charge on any atom is -0.459 e. The summed E-state index contributed by atoms with van der Waals surface area (Å²) in [7, 11) is 0. The van der Waals surface area contributed by atoms with Gasteiger partial charge in [0, 0.05) is 6.92 Å². The third kappa shape index (κ3) is 2.80. The van der Waals surface area contributed by atoms with Gasteiger partial charge in [-0.15, -0.1) is 0 Å². The van der Waals surface area contributed by atoms with E-state index in [0.29, 0.717) is 0 Å². The number of allylic oxidation sites excluding steroid dienone is 1. The molecule has 0 aliphatic heterocycles. The molecule has 0 N–H and O–H groups in total. The highest BCUT2D eigenvalue weighted by atomic mass is 16.5. The molecule has 0 rings (SSSR count). The van der Waals surface area contributed by atoms with E-state index in [-0.39, 0.29) is 5.76 Å². The van der Waals surface area contributed by atoms with E-state index in [1.165, 1.54) is 19.1 Å². The zero-order valence-corrected chi connectivity index (χ0v) is 4.10. The Morgan fingerprint density at radius 1 is 2.00 bits per heavy atom. The van der Waals surface area contributed by atoms with E-state index in [1.54, 1.807) is 0 Å². The van der Waals surface area contributed by atoms with Gasteiger partial charge in [-0.25, -0.2) is 4.79 Å². The Kier molecular flexibility index (Phi) is 2.73. The fourth-order valence-corrected chi connectivity index (χ4v) is 0.149. The third-order valence-electron chi connectivity index (χ3n) is 0.404. The van der Waals surface area contributed by atoms with Gasteiger partial charge in [-0.05, 0) is 0 Å². The molecule has 7 heavy (non-hydrogen) atoms. The summed E-state index contributed by atoms with van der Waals surface area (Å²) < 4.78 is 4.45. The van der Waals surface area contributed by atoms with Crippen LogP contribution in [0.15, 0.2) is 18.6 Å². The predicted octanol–water partition coefficient (Wildman–Crippen LogP) is 0.882. The van der Waals surface area contributed by atoms with Crippen molar-refractivity contribution in [1.29, 1.82) is 0 Å². The summed E-state index contributed by atoms with van der Waals surface area (Å²) in [5, 5.41) is 0. The Hall–Kier alpha value is -1.01. The molecular formula is C5H6O2. The van der Waals surface area contributed by atoms with Gasteiger partial charge in [0.2, 0.25) is 0 Å². The van der Waals surface area contributed by atoms with Crippen LogP contribution in [0.3, 0.4) is 0 Å². The molecule has 0 aromatic heterocycles. The molecule has 0 radical (unpaired) electrons. The summed E-state index contributed by atoms with van der Waals surface area (Å²) in [6.07, 6.45) is 1.18. The van der Waals surface area contributed by atoms with Crippen molar-refractivity contribution in [1.82, 2.24) is 0 Å². The average Bonchev–Trinajstić information content (AvgIpc) is 1.68. The molecular weight excluding hydrogens is 92.1 g/mol. The van der Waals surface area contributed by atoms with Crippen LogP contribution in [-0.4, -0.2) is 5.94 Å². The summed E-state index contributed by atoms with van der Waals surface area (Å²) in [5.74, 6) is 1.74. The molecule has 38 valence electrons. The number of hydrogen-bond donors (Lipinski definition) is 0. The molecule has 0 bridgehead atoms. The highest BCUT2D eigenvalue weighted by Gasteiger charge is 1.78. The molecule has 0 aliphatic rings. The first-order valence-corrected chi connectivity index (χ1v) is 1.80. The Labute approximate surface area is 42.1 Å². The van der Waals surface area contributed by atoms with Gasteiger partial charge in [0.05, 0.1) is 6.26 Å². The van der Waals surface area contributed by atoms with E-state index in [4.69, 9.17) is 0 Å². The van der Waals surface area contributed by atoms with Gasteiger partial charge < -0.3 is 4.74 Å². The second-order valence-corrected chi connectivity index (χ2v) is 0.943. The maximum absolute atomic E-state index is 9.56. The maximum atomic E-state index is 9.56. The lowest BCUT2D eigenvalue weighted by Gasteiger charge is -1.87. The molecule has 0 atom stereocenters. The Morgan fingerprint density at radius 3 is 2.71 bits per heavy atom. The van der Waals surface area contributed by atoms with Crippen molar-refractivity contribution >= 4 is 5.94 Å². The Morgan fingerprint density at radius 2 is 2.57 bits per heavy atom. The quantitative estimate of drug-likeness (QED) is 0.378. The Bertz CT molecular complexity index is 109. The van der Waals surface area contributed by atoms with Crippen molar-refractivity contribution in [2.24, 2.45) is 0 Å². The first kappa shape index (κ1) is 5.99. The van der Waals surface area contributed by atoms with E-state index in [9.17, 15) is 4.79 Å². The highest BCUT2D eigenvalue weighted by molar-refractivity contribution is 5.48. The zero-order valence-electron chi connectivity index (χ0n) is 4.10. The van der Waals surface area contributed by atoms with E-state index in [0.717, 1.165) is 0 Å². The van der Waals surface area contributed by atoms with Crippen LogP contribution in [0.2, 0.25) is 0 Å². The highest BCUT2D eigenvalue weighted by Crippen LogP contribution is 1.85. The molecule has 0 spiro atoms. The van der Waals surface area contributed by atoms with Crippen LogP contribution in [0.1, 0.15) is 6.92 Å². The van der Waals surface area contributed by atoms with Gasteiger partial charge in [-0.3, -0.25) is 0 Å². The monoisotopic (exact) mass is 98.0 g/mol. The van der Waals surface area contributed by atoms with Crippen LogP contribution in [0.5, 0.6) is 0 Å². The second-order valence-electron chi connectivity index (χ2n) is 0.943. The lowest BCUT2D eigenvalue weighted by atomic mass is 10.7. The van der Waals surface area contributed by atoms with Gasteiger partial charge in [-0.2, -0.15) is 0 Å². The van der Waals surface area contributed by atoms with E-state index in [1.807, 2.05) is 0 Å². The fraction of sp³-hybridized carbons (Fsp3) is 0.200. The van der Waals surface area contributed by atoms with Crippen molar-refractivity contribution < 1.29 is 9.53 Å². The molecule has 2 nitrogen and oxygen atoms in total. The first-order chi connectivity index (χ1) is 3.31. The van der Waals surface area contributed by atoms with Crippen molar-refractivity contribution in [2.75, 3.05) is 0 Å². The number of ether oxygens (including phenoxy) is 1. The van der Waals surface area contributed by atoms with E-state index in [2.05, 4.69) is 11.3 Å². The number of hydrogen-bond acceptors (Lipinski definition) is 2. The number of carbonyl (C=O) groups excluding carboxylic acids is 1. The summed E-state index contributed by atoms with van der Waals surface area (Å²) in [6.45, 7) is 4.74. The average molecular weight is 98.1 g/mol. The lowest BCUT2D eigenvalue weighted by Crippen LogP contribution is -1.74. The SMILES string of the molecule is C=COC(C)=C=O. The van der Waals surface area contributed by atoms with Crippen molar-refractivity contribution in [3.63, 3.8) is 0 Å². The molecule has 0 amide bonds. The smallest absolute Gasteiger partial charge is 0.183 e. The van der Waals surface area contributed by atoms with Crippen molar-refractivity contribution in [2.45, 2.75) is 6.92 Å². The van der Waals surface area contributed by atoms with Gasteiger partial charge in [0.25, 0.3) is 0 Å². The summed E-state index contributed by atoms with van der Waals surface area (Å²) in [4.78, 5) is 9.56. The van der Waals surface area contributed by atoms with Crippen molar-refractivity contribution in [3.8, 4) is 0 Å². The third-order valence-corrected chi connectivity index (χ3v) is 0.404. The molecule has 0 fully saturated rings. The molecule has 0 saturated carbocycles. The minimum absolute atomic E-state index is 0.204. The molecule has 0 aromatic carbocycles. The molecule has 0 saturated heterocycles. The van der Waals surface area contributed by atoms with Crippen LogP contribution in [-0.2, 0) is 9.53 Å². The van der Waals surface area contributed by atoms with Gasteiger partial charge >= 0.3 is 0 Å². The maximum Gasteiger partial charge on any atom is 0.183 e. The predicted molar refractivity (Wildman–Crippen MR) is 26.2 cm³/mol. The topological polar surface area (TPSA) is 26.3 Å². The van der Waals surface area contributed by atoms with E-state index < -0.39 is 0 Å². The van der Waals surface area contributed by atoms with Crippen LogP contribution in [0, 0.1) is 0 Å². The van der Waals surface area contributed by atoms with Crippen LogP contribution < -0.4 is 0 Å². The van der Waals surface area contributed by atoms with E-state index >= 15 is 0 Å². The first-order valence-electron chi connectivity index (χ1n) is 1.80. The van der Waals surface area contributed by atoms with Crippen LogP contribution in [0.25, 0.3) is 0 Å². The second kappa shape index (κ2) is 3.19. The molecule has 0 aliphatic carbocycles. The standard InChI is InChI=1S/C5H6O2/c1-3-7-5(2)4-6/h3H,1H2,2H3. The van der Waals surface area contributed by atoms with Gasteiger partial charge in [0.1, 0.15) is 0 Å².